The van der Waals surface area contributed by atoms with Crippen LogP contribution >= 0.6 is 11.6 Å². The molecule has 3 heterocycles. The number of hydrogen-bond donors (Lipinski definition) is 0. The average molecular weight is 397 g/mol. The fourth-order valence-corrected chi connectivity index (χ4v) is 5.28. The van der Waals surface area contributed by atoms with Crippen LogP contribution in [-0.4, -0.2) is 42.6 Å². The van der Waals surface area contributed by atoms with Gasteiger partial charge in [0.05, 0.1) is 5.02 Å². The van der Waals surface area contributed by atoms with Crippen molar-refractivity contribution in [2.24, 2.45) is 0 Å². The number of hydrogen-bond acceptors (Lipinski definition) is 3. The van der Waals surface area contributed by atoms with Gasteiger partial charge >= 0.3 is 0 Å². The molecule has 2 aromatic carbocycles. The first kappa shape index (κ1) is 18.0. The largest absolute Gasteiger partial charge is 0.489 e. The zero-order valence-corrected chi connectivity index (χ0v) is 16.9. The zero-order valence-electron chi connectivity index (χ0n) is 16.1. The molecular weight excluding hydrogens is 372 g/mol. The van der Waals surface area contributed by atoms with Crippen molar-refractivity contribution in [3.63, 3.8) is 0 Å². The molecule has 0 saturated carbocycles. The molecule has 2 bridgehead atoms. The van der Waals surface area contributed by atoms with Crippen LogP contribution in [-0.2, 0) is 6.42 Å². The number of amides is 1. The summed E-state index contributed by atoms with van der Waals surface area (Å²) in [5, 5.41) is 0.579. The summed E-state index contributed by atoms with van der Waals surface area (Å²) in [6.07, 6.45) is 5.74. The third-order valence-electron chi connectivity index (χ3n) is 6.67. The topological polar surface area (TPSA) is 32.8 Å². The number of rotatable bonds is 3. The van der Waals surface area contributed by atoms with E-state index in [2.05, 4.69) is 11.9 Å². The Balaban J connectivity index is 1.33. The number of piperidine rings is 1. The molecule has 1 amide bonds. The maximum Gasteiger partial charge on any atom is 0.258 e. The van der Waals surface area contributed by atoms with E-state index >= 15 is 0 Å². The van der Waals surface area contributed by atoms with Crippen molar-refractivity contribution in [1.29, 1.82) is 0 Å². The summed E-state index contributed by atoms with van der Waals surface area (Å²) in [7, 11) is 2.23. The summed E-state index contributed by atoms with van der Waals surface area (Å²) in [6.45, 7) is 0.671. The molecule has 3 aliphatic rings. The monoisotopic (exact) mass is 396 g/mol. The van der Waals surface area contributed by atoms with Crippen LogP contribution in [0.3, 0.4) is 0 Å². The summed E-state index contributed by atoms with van der Waals surface area (Å²) >= 11 is 6.56. The molecule has 1 unspecified atom stereocenters. The number of carbonyl (C=O) groups is 1. The summed E-state index contributed by atoms with van der Waals surface area (Å²) in [5.41, 5.74) is 2.74. The van der Waals surface area contributed by atoms with Crippen LogP contribution < -0.4 is 9.64 Å². The minimum Gasteiger partial charge on any atom is -0.489 e. The molecule has 2 aromatic rings. The lowest BCUT2D eigenvalue weighted by atomic mass is 9.98. The summed E-state index contributed by atoms with van der Waals surface area (Å²) in [5.74, 6) is 0.766. The summed E-state index contributed by atoms with van der Waals surface area (Å²) < 4.78 is 6.28. The Hall–Kier alpha value is -2.04. The van der Waals surface area contributed by atoms with Gasteiger partial charge in [0.15, 0.2) is 0 Å². The predicted octanol–water partition coefficient (Wildman–Crippen LogP) is 4.55. The van der Waals surface area contributed by atoms with Crippen LogP contribution in [0.2, 0.25) is 5.02 Å². The van der Waals surface area contributed by atoms with E-state index in [1.54, 1.807) is 0 Å². The molecule has 0 N–H and O–H groups in total. The maximum atomic E-state index is 12.9. The Kier molecular flexibility index (Phi) is 4.56. The molecule has 2 saturated heterocycles. The predicted molar refractivity (Wildman–Crippen MR) is 111 cm³/mol. The van der Waals surface area contributed by atoms with Crippen molar-refractivity contribution in [1.82, 2.24) is 4.90 Å². The van der Waals surface area contributed by atoms with E-state index in [0.29, 0.717) is 23.7 Å². The lowest BCUT2D eigenvalue weighted by molar-refractivity contribution is 0.0662. The normalized spacial score (nSPS) is 27.0. The van der Waals surface area contributed by atoms with Gasteiger partial charge in [-0.25, -0.2) is 0 Å². The quantitative estimate of drug-likeness (QED) is 0.763. The maximum absolute atomic E-state index is 12.9. The van der Waals surface area contributed by atoms with Crippen LogP contribution in [0.4, 0.5) is 5.69 Å². The van der Waals surface area contributed by atoms with Crippen LogP contribution in [0.5, 0.6) is 5.75 Å². The molecule has 0 spiro atoms. The van der Waals surface area contributed by atoms with E-state index in [-0.39, 0.29) is 12.0 Å². The van der Waals surface area contributed by atoms with E-state index in [1.807, 2.05) is 47.4 Å². The number of ether oxygens (including phenoxy) is 1. The zero-order chi connectivity index (χ0) is 19.3. The molecule has 4 nitrogen and oxygen atoms in total. The van der Waals surface area contributed by atoms with E-state index in [1.165, 1.54) is 12.8 Å². The van der Waals surface area contributed by atoms with Gasteiger partial charge in [-0.3, -0.25) is 4.79 Å². The number of carbonyl (C=O) groups excluding carboxylic acids is 1. The highest BCUT2D eigenvalue weighted by molar-refractivity contribution is 6.32. The molecule has 28 heavy (non-hydrogen) atoms. The second-order valence-corrected chi connectivity index (χ2v) is 8.65. The molecule has 146 valence electrons. The van der Waals surface area contributed by atoms with Gasteiger partial charge in [-0.05, 0) is 69.0 Å². The van der Waals surface area contributed by atoms with Crippen molar-refractivity contribution in [2.75, 3.05) is 18.5 Å². The van der Waals surface area contributed by atoms with E-state index in [9.17, 15) is 4.79 Å². The third kappa shape index (κ3) is 3.09. The smallest absolute Gasteiger partial charge is 0.258 e. The minimum atomic E-state index is 0.0403. The highest BCUT2D eigenvalue weighted by Crippen LogP contribution is 2.38. The molecule has 3 atom stereocenters. The second-order valence-electron chi connectivity index (χ2n) is 8.24. The van der Waals surface area contributed by atoms with Gasteiger partial charge < -0.3 is 14.5 Å². The van der Waals surface area contributed by atoms with E-state index in [0.717, 1.165) is 41.8 Å². The highest BCUT2D eigenvalue weighted by atomic mass is 35.5. The van der Waals surface area contributed by atoms with Gasteiger partial charge in [-0.15, -0.1) is 0 Å². The van der Waals surface area contributed by atoms with E-state index in [4.69, 9.17) is 16.3 Å². The van der Waals surface area contributed by atoms with Crippen molar-refractivity contribution < 1.29 is 9.53 Å². The van der Waals surface area contributed by atoms with Gasteiger partial charge in [0.1, 0.15) is 11.9 Å². The third-order valence-corrected chi connectivity index (χ3v) is 6.97. The fourth-order valence-electron chi connectivity index (χ4n) is 5.06. The van der Waals surface area contributed by atoms with Crippen LogP contribution in [0.15, 0.2) is 42.5 Å². The van der Waals surface area contributed by atoms with Crippen LogP contribution in [0, 0.1) is 0 Å². The molecular formula is C23H25ClN2O2. The standard InChI is InChI=1S/C23H25ClN2O2/c1-25-16-6-7-17(25)13-19(12-16)28-22-9-8-18(14-21(22)24)26-11-10-15-4-2-3-5-20(15)23(26)27/h2-5,8-9,14,16-17,19H,6-7,10-13H2,1H3/t16-,17+,19?. The first-order valence-corrected chi connectivity index (χ1v) is 10.6. The highest BCUT2D eigenvalue weighted by Gasteiger charge is 2.39. The number of nitrogens with zero attached hydrogens (tertiary/aromatic N) is 2. The molecule has 5 rings (SSSR count). The van der Waals surface area contributed by atoms with Crippen molar-refractivity contribution >= 4 is 23.2 Å². The Bertz CT molecular complexity index is 901. The Morgan fingerprint density at radius 2 is 1.82 bits per heavy atom. The number of anilines is 1. The molecule has 2 fully saturated rings. The molecule has 5 heteroatoms. The summed E-state index contributed by atoms with van der Waals surface area (Å²) in [4.78, 5) is 17.2. The van der Waals surface area contributed by atoms with Gasteiger partial charge in [0.2, 0.25) is 0 Å². The SMILES string of the molecule is CN1[C@@H]2CC[C@H]1CC(Oc1ccc(N3CCc4ccccc4C3=O)cc1Cl)C2. The lowest BCUT2D eigenvalue weighted by Gasteiger charge is -2.36. The van der Waals surface area contributed by atoms with Crippen molar-refractivity contribution in [3.05, 3.63) is 58.6 Å². The van der Waals surface area contributed by atoms with Gasteiger partial charge in [-0.2, -0.15) is 0 Å². The minimum absolute atomic E-state index is 0.0403. The number of benzene rings is 2. The Labute approximate surface area is 171 Å². The molecule has 0 aromatic heterocycles. The first-order valence-electron chi connectivity index (χ1n) is 10.2. The van der Waals surface area contributed by atoms with Crippen LogP contribution in [0.1, 0.15) is 41.6 Å². The van der Waals surface area contributed by atoms with Gasteiger partial charge in [0, 0.05) is 29.9 Å². The Morgan fingerprint density at radius 1 is 1.07 bits per heavy atom. The molecule has 0 aliphatic carbocycles. The van der Waals surface area contributed by atoms with Crippen LogP contribution in [0.25, 0.3) is 0 Å². The summed E-state index contributed by atoms with van der Waals surface area (Å²) in [6, 6.07) is 14.8. The average Bonchev–Trinajstić information content (AvgIpc) is 2.91. The molecule has 0 radical (unpaired) electrons. The van der Waals surface area contributed by atoms with Gasteiger partial charge in [-0.1, -0.05) is 29.8 Å². The fraction of sp³-hybridized carbons (Fsp3) is 0.435. The van der Waals surface area contributed by atoms with E-state index < -0.39 is 0 Å². The van der Waals surface area contributed by atoms with Crippen molar-refractivity contribution in [3.8, 4) is 5.75 Å². The van der Waals surface area contributed by atoms with Gasteiger partial charge in [0.25, 0.3) is 5.91 Å². The second kappa shape index (κ2) is 7.09. The first-order chi connectivity index (χ1) is 13.6. The van der Waals surface area contributed by atoms with Crippen molar-refractivity contribution in [2.45, 2.75) is 50.3 Å². The number of fused-ring (bicyclic) bond motifs is 3. The Morgan fingerprint density at radius 3 is 2.57 bits per heavy atom. The molecule has 3 aliphatic heterocycles. The lowest BCUT2D eigenvalue weighted by Crippen LogP contribution is -2.43. The number of halogens is 1.